The van der Waals surface area contributed by atoms with Crippen LogP contribution in [0.3, 0.4) is 0 Å². The predicted molar refractivity (Wildman–Crippen MR) is 62.5 cm³/mol. The van der Waals surface area contributed by atoms with Crippen molar-refractivity contribution in [2.75, 3.05) is 0 Å². The first-order chi connectivity index (χ1) is 8.15. The van der Waals surface area contributed by atoms with E-state index >= 15 is 0 Å². The average Bonchev–Trinajstić information content (AvgIpc) is 2.13. The van der Waals surface area contributed by atoms with Crippen LogP contribution in [0.1, 0.15) is 65.7 Å². The molecular weight excluding hydrogens is 294 g/mol. The van der Waals surface area contributed by atoms with E-state index in [-0.39, 0.29) is 23.2 Å². The fourth-order valence-corrected chi connectivity index (χ4v) is 1.45. The summed E-state index contributed by atoms with van der Waals surface area (Å²) >= 11 is 0. The van der Waals surface area contributed by atoms with E-state index in [9.17, 15) is 9.90 Å². The largest absolute Gasteiger partial charge is 4.00 e. The van der Waals surface area contributed by atoms with Crippen LogP contribution in [0.2, 0.25) is 0 Å². The van der Waals surface area contributed by atoms with Crippen molar-refractivity contribution in [1.29, 1.82) is 0 Å². The summed E-state index contributed by atoms with van der Waals surface area (Å²) in [5, 5.41) is 35.4. The molecule has 0 atom stereocenters. The molecule has 113 valence electrons. The van der Waals surface area contributed by atoms with E-state index in [0.29, 0.717) is 5.41 Å². The van der Waals surface area contributed by atoms with Gasteiger partial charge in [-0.15, -0.1) is 0 Å². The minimum atomic E-state index is -2.92. The van der Waals surface area contributed by atoms with E-state index in [1.165, 1.54) is 19.3 Å². The molecule has 0 aliphatic heterocycles. The zero-order chi connectivity index (χ0) is 14.6. The maximum atomic E-state index is 10.1. The number of hydrogen-bond acceptors (Lipinski definition) is 5. The van der Waals surface area contributed by atoms with Gasteiger partial charge in [0.25, 0.3) is 0 Å². The van der Waals surface area contributed by atoms with Crippen molar-refractivity contribution in [3.63, 3.8) is 0 Å². The summed E-state index contributed by atoms with van der Waals surface area (Å²) < 4.78 is 0. The molecule has 0 saturated carbocycles. The first-order valence-corrected chi connectivity index (χ1v) is 6.32. The van der Waals surface area contributed by atoms with E-state index in [4.69, 9.17) is 15.1 Å². The van der Waals surface area contributed by atoms with Gasteiger partial charge in [-0.3, -0.25) is 7.32 Å². The third-order valence-electron chi connectivity index (χ3n) is 2.31. The van der Waals surface area contributed by atoms with Crippen LogP contribution in [0.25, 0.3) is 0 Å². The van der Waals surface area contributed by atoms with Gasteiger partial charge in [0.1, 0.15) is 0 Å². The number of carboxylic acid groups (broad SMARTS) is 1. The van der Waals surface area contributed by atoms with Crippen LogP contribution >= 0.6 is 0 Å². The molecular formula is C12H23BCoO5. The fourth-order valence-electron chi connectivity index (χ4n) is 1.45. The third-order valence-corrected chi connectivity index (χ3v) is 2.31. The van der Waals surface area contributed by atoms with Crippen molar-refractivity contribution in [1.82, 2.24) is 0 Å². The van der Waals surface area contributed by atoms with Crippen LogP contribution in [0.5, 0.6) is 0 Å². The van der Waals surface area contributed by atoms with Crippen LogP contribution < -0.4 is 20.2 Å². The molecule has 0 aliphatic rings. The number of unbranched alkanes of at least 4 members (excludes halogenated alkanes) is 4. The van der Waals surface area contributed by atoms with E-state index in [1.807, 2.05) is 0 Å². The van der Waals surface area contributed by atoms with Crippen molar-refractivity contribution in [2.45, 2.75) is 65.7 Å². The molecule has 0 unspecified atom stereocenters. The second kappa shape index (κ2) is 14.3. The molecule has 0 heterocycles. The summed E-state index contributed by atoms with van der Waals surface area (Å²) in [7, 11) is -2.92. The van der Waals surface area contributed by atoms with Crippen molar-refractivity contribution in [3.05, 3.63) is 0 Å². The van der Waals surface area contributed by atoms with E-state index in [2.05, 4.69) is 20.8 Å². The van der Waals surface area contributed by atoms with E-state index < -0.39 is 13.3 Å². The molecule has 19 heavy (non-hydrogen) atoms. The third kappa shape index (κ3) is 38.1. The molecule has 0 aromatic heterocycles. The van der Waals surface area contributed by atoms with E-state index in [0.717, 1.165) is 19.3 Å². The van der Waals surface area contributed by atoms with Crippen LogP contribution in [0.4, 0.5) is 0 Å². The van der Waals surface area contributed by atoms with Crippen molar-refractivity contribution in [3.8, 4) is 0 Å². The van der Waals surface area contributed by atoms with Crippen molar-refractivity contribution < 1.29 is 41.8 Å². The molecule has 0 saturated heterocycles. The molecule has 0 spiro atoms. The molecule has 0 rings (SSSR count). The number of carbonyl (C=O) groups excluding carboxylic acids is 1. The molecule has 5 nitrogen and oxygen atoms in total. The summed E-state index contributed by atoms with van der Waals surface area (Å²) in [5.41, 5.74) is 0.436. The molecule has 1 radical (unpaired) electrons. The smallest absolute Gasteiger partial charge is 0.907 e. The molecule has 0 fully saturated rings. The Morgan fingerprint density at radius 1 is 0.947 bits per heavy atom. The Morgan fingerprint density at radius 2 is 1.32 bits per heavy atom. The molecule has 0 aliphatic carbocycles. The van der Waals surface area contributed by atoms with Crippen molar-refractivity contribution in [2.24, 2.45) is 5.41 Å². The van der Waals surface area contributed by atoms with Gasteiger partial charge in [-0.1, -0.05) is 46.5 Å². The van der Waals surface area contributed by atoms with Gasteiger partial charge in [0, 0.05) is 5.97 Å². The Morgan fingerprint density at radius 3 is 1.68 bits per heavy atom. The predicted octanol–water partition coefficient (Wildman–Crippen LogP) is -1.44. The van der Waals surface area contributed by atoms with Crippen molar-refractivity contribution >= 4 is 13.3 Å². The standard InChI is InChI=1S/C12H24O2.BO3.Co/c1-12(2,3)10-8-6-4-5-7-9-11(13)14;2-1(3)4;/h4-10H2,1-3H3,(H,13,14);;/q;-3;+4/p-1. The summed E-state index contributed by atoms with van der Waals surface area (Å²) in [6.07, 6.45) is 6.92. The molecule has 0 N–H and O–H groups in total. The van der Waals surface area contributed by atoms with Gasteiger partial charge in [0.15, 0.2) is 0 Å². The molecule has 0 bridgehead atoms. The number of carbonyl (C=O) groups is 1. The minimum absolute atomic E-state index is 0. The fraction of sp³-hybridized carbons (Fsp3) is 0.917. The van der Waals surface area contributed by atoms with Crippen LogP contribution in [-0.4, -0.2) is 13.3 Å². The maximum absolute atomic E-state index is 10.1. The summed E-state index contributed by atoms with van der Waals surface area (Å²) in [5.74, 6) is -0.917. The van der Waals surface area contributed by atoms with Crippen LogP contribution in [-0.2, 0) is 21.6 Å². The Labute approximate surface area is 126 Å². The first kappa shape index (κ1) is 24.0. The van der Waals surface area contributed by atoms with Gasteiger partial charge in [-0.25, -0.2) is 0 Å². The number of rotatable bonds is 7. The van der Waals surface area contributed by atoms with Gasteiger partial charge in [-0.2, -0.15) is 0 Å². The normalized spacial score (nSPS) is 10.0. The zero-order valence-corrected chi connectivity index (χ0v) is 12.9. The van der Waals surface area contributed by atoms with Gasteiger partial charge in [0.05, 0.1) is 0 Å². The molecule has 0 aromatic rings. The first-order valence-electron chi connectivity index (χ1n) is 6.32. The Kier molecular flexibility index (Phi) is 18.1. The number of aliphatic carboxylic acids is 1. The minimum Gasteiger partial charge on any atom is -0.907 e. The zero-order valence-electron chi connectivity index (χ0n) is 11.9. The second-order valence-corrected chi connectivity index (χ2v) is 5.49. The summed E-state index contributed by atoms with van der Waals surface area (Å²) in [6.45, 7) is 6.76. The summed E-state index contributed by atoms with van der Waals surface area (Å²) in [4.78, 5) is 10.1. The number of hydrogen-bond donors (Lipinski definition) is 0. The molecule has 0 aromatic carbocycles. The Balaban J connectivity index is -0.000000448. The summed E-state index contributed by atoms with van der Waals surface area (Å²) in [6, 6.07) is 0. The van der Waals surface area contributed by atoms with Crippen LogP contribution in [0.15, 0.2) is 0 Å². The Bertz CT molecular complexity index is 204. The second-order valence-electron chi connectivity index (χ2n) is 5.49. The quantitative estimate of drug-likeness (QED) is 0.422. The average molecular weight is 317 g/mol. The SMILES string of the molecule is CC(C)(C)CCCCCCCC(=O)[O-].[Co+4].[O-]B([O-])[O-]. The molecule has 7 heteroatoms. The van der Waals surface area contributed by atoms with Gasteiger partial charge in [-0.05, 0) is 24.7 Å². The maximum Gasteiger partial charge on any atom is 4.00 e. The number of carboxylic acids is 1. The van der Waals surface area contributed by atoms with Crippen LogP contribution in [0, 0.1) is 5.41 Å². The topological polar surface area (TPSA) is 109 Å². The van der Waals surface area contributed by atoms with Gasteiger partial charge in [0.2, 0.25) is 0 Å². The molecule has 0 amide bonds. The van der Waals surface area contributed by atoms with Gasteiger partial charge >= 0.3 is 16.8 Å². The van der Waals surface area contributed by atoms with E-state index in [1.54, 1.807) is 0 Å². The Hall–Kier alpha value is -0.0786. The monoisotopic (exact) mass is 317 g/mol. The van der Waals surface area contributed by atoms with Gasteiger partial charge < -0.3 is 25.0 Å².